The number of aryl methyl sites for hydroxylation is 1. The predicted octanol–water partition coefficient (Wildman–Crippen LogP) is 2.33. The van der Waals surface area contributed by atoms with E-state index in [2.05, 4.69) is 0 Å². The van der Waals surface area contributed by atoms with Crippen LogP contribution in [0.25, 0.3) is 0 Å². The van der Waals surface area contributed by atoms with Gasteiger partial charge >= 0.3 is 0 Å². The quantitative estimate of drug-likeness (QED) is 0.643. The number of benzene rings is 1. The summed E-state index contributed by atoms with van der Waals surface area (Å²) in [5, 5.41) is 7.00. The van der Waals surface area contributed by atoms with Crippen LogP contribution in [0.2, 0.25) is 0 Å². The third-order valence-corrected chi connectivity index (χ3v) is 1.08. The third kappa shape index (κ3) is 5.80. The lowest BCUT2D eigenvalue weighted by molar-refractivity contribution is 0.399. The monoisotopic (exact) mass is 176 g/mol. The largest absolute Gasteiger partial charge is 0.400 e. The molecule has 0 amide bonds. The van der Waals surface area contributed by atoms with Gasteiger partial charge in [-0.25, -0.2) is 4.39 Å². The second-order valence-corrected chi connectivity index (χ2v) is 1.75. The fourth-order valence-electron chi connectivity index (χ4n) is 0.551. The summed E-state index contributed by atoms with van der Waals surface area (Å²) < 4.78 is 21.8. The zero-order valence-corrected chi connectivity index (χ0v) is 7.51. The van der Waals surface area contributed by atoms with Crippen LogP contribution in [0.3, 0.4) is 0 Å². The molecule has 1 nitrogen and oxygen atoms in total. The number of aliphatic hydroxyl groups excluding tert-OH is 1. The van der Waals surface area contributed by atoms with Crippen molar-refractivity contribution in [3.63, 3.8) is 0 Å². The van der Waals surface area contributed by atoms with Crippen molar-refractivity contribution in [3.05, 3.63) is 35.6 Å². The van der Waals surface area contributed by atoms with Crippen LogP contribution >= 0.6 is 0 Å². The smallest absolute Gasteiger partial charge is 0.126 e. The van der Waals surface area contributed by atoms with E-state index in [1.807, 2.05) is 6.07 Å². The summed E-state index contributed by atoms with van der Waals surface area (Å²) in [6.45, 7) is 1.75. The van der Waals surface area contributed by atoms with E-state index in [1.54, 1.807) is 19.1 Å². The average Bonchev–Trinajstić information content (AvgIpc) is 2.17. The minimum Gasteiger partial charge on any atom is -0.400 e. The van der Waals surface area contributed by atoms with Crippen molar-refractivity contribution in [2.45, 2.75) is 6.92 Å². The highest BCUT2D eigenvalue weighted by Crippen LogP contribution is 2.01. The minimum absolute atomic E-state index is 0.132. The Bertz CT molecular complexity index is 169. The van der Waals surface area contributed by atoms with Crippen LogP contribution in [-0.4, -0.2) is 19.4 Å². The summed E-state index contributed by atoms with van der Waals surface area (Å²) in [6.07, 6.45) is 0. The van der Waals surface area contributed by atoms with Crippen molar-refractivity contribution in [2.24, 2.45) is 0 Å². The predicted molar refractivity (Wildman–Crippen MR) is 46.3 cm³/mol. The second-order valence-electron chi connectivity index (χ2n) is 1.75. The van der Waals surface area contributed by atoms with E-state index in [9.17, 15) is 8.78 Å². The molecule has 0 spiro atoms. The number of hydrogen-bond donors (Lipinski definition) is 1. The molecule has 1 N–H and O–H groups in total. The highest BCUT2D eigenvalue weighted by atomic mass is 19.1. The molecule has 0 saturated heterocycles. The first-order chi connectivity index (χ1) is 5.80. The van der Waals surface area contributed by atoms with Crippen molar-refractivity contribution in [2.75, 3.05) is 14.3 Å². The van der Waals surface area contributed by atoms with E-state index in [-0.39, 0.29) is 5.82 Å². The molecule has 1 aromatic rings. The average molecular weight is 176 g/mol. The Kier molecular flexibility index (Phi) is 11.4. The molecule has 0 aliphatic heterocycles. The number of aliphatic hydroxyl groups is 1. The van der Waals surface area contributed by atoms with Crippen molar-refractivity contribution in [1.29, 1.82) is 0 Å². The SMILES string of the molecule is CF.CO.Cc1ccccc1F. The molecule has 0 saturated carbocycles. The first kappa shape index (κ1) is 13.6. The Labute approximate surface area is 71.7 Å². The number of halogens is 2. The molecule has 70 valence electrons. The second kappa shape index (κ2) is 10.0. The Morgan fingerprint density at radius 1 is 1.08 bits per heavy atom. The first-order valence-electron chi connectivity index (χ1n) is 3.34. The fourth-order valence-corrected chi connectivity index (χ4v) is 0.551. The van der Waals surface area contributed by atoms with Gasteiger partial charge in [-0.1, -0.05) is 18.2 Å². The van der Waals surface area contributed by atoms with Gasteiger partial charge in [-0.3, -0.25) is 4.39 Å². The van der Waals surface area contributed by atoms with Gasteiger partial charge in [0.15, 0.2) is 0 Å². The van der Waals surface area contributed by atoms with Crippen LogP contribution in [0, 0.1) is 12.7 Å². The lowest BCUT2D eigenvalue weighted by Gasteiger charge is -1.89. The molecule has 1 rings (SSSR count). The van der Waals surface area contributed by atoms with Crippen LogP contribution in [0.15, 0.2) is 24.3 Å². The van der Waals surface area contributed by atoms with Gasteiger partial charge in [0.2, 0.25) is 0 Å². The van der Waals surface area contributed by atoms with Crippen LogP contribution in [0.4, 0.5) is 8.78 Å². The Morgan fingerprint density at radius 3 is 1.75 bits per heavy atom. The lowest BCUT2D eigenvalue weighted by Crippen LogP contribution is -1.76. The van der Waals surface area contributed by atoms with Gasteiger partial charge in [0, 0.05) is 7.11 Å². The van der Waals surface area contributed by atoms with Gasteiger partial charge in [-0.05, 0) is 18.6 Å². The van der Waals surface area contributed by atoms with Gasteiger partial charge in [-0.2, -0.15) is 0 Å². The van der Waals surface area contributed by atoms with E-state index in [1.165, 1.54) is 6.07 Å². The van der Waals surface area contributed by atoms with Crippen molar-refractivity contribution in [1.82, 2.24) is 0 Å². The maximum Gasteiger partial charge on any atom is 0.126 e. The van der Waals surface area contributed by atoms with Crippen molar-refractivity contribution in [3.8, 4) is 0 Å². The third-order valence-electron chi connectivity index (χ3n) is 1.08. The van der Waals surface area contributed by atoms with Crippen LogP contribution in [-0.2, 0) is 0 Å². The van der Waals surface area contributed by atoms with Crippen LogP contribution < -0.4 is 0 Å². The number of alkyl halides is 1. The molecule has 0 atom stereocenters. The van der Waals surface area contributed by atoms with Crippen molar-refractivity contribution < 1.29 is 13.9 Å². The number of hydrogen-bond acceptors (Lipinski definition) is 1. The van der Waals surface area contributed by atoms with Gasteiger partial charge in [0.25, 0.3) is 0 Å². The van der Waals surface area contributed by atoms with E-state index in [0.29, 0.717) is 12.7 Å². The maximum absolute atomic E-state index is 12.3. The molecule has 0 unspecified atom stereocenters. The minimum atomic E-state index is -0.132. The summed E-state index contributed by atoms with van der Waals surface area (Å²) in [6, 6.07) is 6.70. The standard InChI is InChI=1S/C7H7F.CH3F.CH4O/c1-6-4-2-3-5-7(6)8;2*1-2/h2-5H,1H3;1H3;2H,1H3. The molecule has 0 radical (unpaired) electrons. The van der Waals surface area contributed by atoms with Crippen molar-refractivity contribution >= 4 is 0 Å². The van der Waals surface area contributed by atoms with Crippen LogP contribution in [0.5, 0.6) is 0 Å². The molecule has 0 aromatic heterocycles. The molecule has 0 aliphatic carbocycles. The molecule has 12 heavy (non-hydrogen) atoms. The molecular formula is C9H14F2O. The van der Waals surface area contributed by atoms with Gasteiger partial charge < -0.3 is 5.11 Å². The normalized spacial score (nSPS) is 7.17. The first-order valence-corrected chi connectivity index (χ1v) is 3.34. The summed E-state index contributed by atoms with van der Waals surface area (Å²) >= 11 is 0. The lowest BCUT2D eigenvalue weighted by atomic mass is 10.2. The van der Waals surface area contributed by atoms with Crippen LogP contribution in [0.1, 0.15) is 5.56 Å². The van der Waals surface area contributed by atoms with E-state index < -0.39 is 0 Å². The van der Waals surface area contributed by atoms with E-state index in [4.69, 9.17) is 5.11 Å². The Hall–Kier alpha value is -0.960. The summed E-state index contributed by atoms with van der Waals surface area (Å²) in [7, 11) is 1.50. The summed E-state index contributed by atoms with van der Waals surface area (Å²) in [5.74, 6) is -0.132. The zero-order chi connectivity index (χ0) is 9.98. The summed E-state index contributed by atoms with van der Waals surface area (Å²) in [4.78, 5) is 0. The molecule has 1 aromatic carbocycles. The highest BCUT2D eigenvalue weighted by molar-refractivity contribution is 5.14. The Balaban J connectivity index is 0. The molecule has 3 heteroatoms. The molecule has 0 bridgehead atoms. The zero-order valence-electron chi connectivity index (χ0n) is 7.51. The summed E-state index contributed by atoms with van der Waals surface area (Å²) in [5.41, 5.74) is 0.701. The fraction of sp³-hybridized carbons (Fsp3) is 0.333. The van der Waals surface area contributed by atoms with Gasteiger partial charge in [-0.15, -0.1) is 0 Å². The highest BCUT2D eigenvalue weighted by Gasteiger charge is 1.88. The Morgan fingerprint density at radius 2 is 1.50 bits per heavy atom. The number of rotatable bonds is 0. The van der Waals surface area contributed by atoms with E-state index in [0.717, 1.165) is 7.11 Å². The maximum atomic E-state index is 12.3. The molecular weight excluding hydrogens is 162 g/mol. The molecule has 0 heterocycles. The molecule has 0 aliphatic rings. The topological polar surface area (TPSA) is 20.2 Å². The molecule has 0 fully saturated rings. The van der Waals surface area contributed by atoms with Gasteiger partial charge in [0.05, 0.1) is 7.18 Å². The van der Waals surface area contributed by atoms with E-state index >= 15 is 0 Å². The van der Waals surface area contributed by atoms with Gasteiger partial charge in [0.1, 0.15) is 5.82 Å².